The summed E-state index contributed by atoms with van der Waals surface area (Å²) in [5.41, 5.74) is 14.1. The molecule has 5 aromatic carbocycles. The van der Waals surface area contributed by atoms with E-state index in [1.54, 1.807) is 24.3 Å². The first-order valence-electron chi connectivity index (χ1n) is 27.1. The molecule has 5 rings (SSSR count). The third-order valence-electron chi connectivity index (χ3n) is 12.7. The van der Waals surface area contributed by atoms with Crippen molar-refractivity contribution in [1.82, 2.24) is 31.9 Å². The van der Waals surface area contributed by atoms with E-state index in [9.17, 15) is 43.8 Å². The minimum absolute atomic E-state index is 0.0319. The Balaban J connectivity index is 1.28. The molecule has 0 radical (unpaired) electrons. The number of esters is 1. The summed E-state index contributed by atoms with van der Waals surface area (Å²) in [5, 5.41) is 37.2. The fourth-order valence-electron chi connectivity index (χ4n) is 7.85. The van der Waals surface area contributed by atoms with Crippen molar-refractivity contribution in [3.05, 3.63) is 178 Å². The number of aryl methyl sites for hydroxylation is 3. The first-order valence-corrected chi connectivity index (χ1v) is 30.6. The number of benzene rings is 5. The lowest BCUT2D eigenvalue weighted by Gasteiger charge is -2.28. The Bertz CT molecular complexity index is 2780. The average molecular weight is 1180 g/mol. The second kappa shape index (κ2) is 35.9. The third kappa shape index (κ3) is 24.3. The third-order valence-corrected chi connectivity index (χ3v) is 16.1. The number of carbonyl (C=O) groups is 7. The van der Waals surface area contributed by atoms with E-state index in [0.717, 1.165) is 44.5 Å². The molecule has 5 aromatic rings. The van der Waals surface area contributed by atoms with Gasteiger partial charge in [0.15, 0.2) is 0 Å². The summed E-state index contributed by atoms with van der Waals surface area (Å²) in [6, 6.07) is 33.6. The Morgan fingerprint density at radius 1 is 0.488 bits per heavy atom. The highest BCUT2D eigenvalue weighted by molar-refractivity contribution is 7.99. The van der Waals surface area contributed by atoms with Gasteiger partial charge in [-0.05, 0) is 74.8 Å². The lowest BCUT2D eigenvalue weighted by molar-refractivity contribution is -0.148. The molecule has 10 N–H and O–H groups in total. The molecule has 18 nitrogen and oxygen atoms in total. The molecule has 6 amide bonds. The van der Waals surface area contributed by atoms with E-state index in [0.29, 0.717) is 30.1 Å². The SMILES string of the molecule is Cc1ccc(CSC[C@H](NC(=O)[C@H](CCCCNC(=O)OCc2ccccc2)NC(=O)[C@@H](N)CSCc2ccc(C)cc2)C(=O)N[C@H](C(=O)N[C@@H](CO)C(=O)N[C@@H](CSCc2ccc(C)cc2)C(=O)OCc2ccccc2)[C@@H](C)O)cc1. The number of hydrogen-bond donors (Lipinski definition) is 9. The fourth-order valence-corrected chi connectivity index (χ4v) is 10.8. The van der Waals surface area contributed by atoms with Crippen LogP contribution in [0.1, 0.15) is 70.7 Å². The van der Waals surface area contributed by atoms with Crippen molar-refractivity contribution in [2.24, 2.45) is 5.73 Å². The van der Waals surface area contributed by atoms with Gasteiger partial charge in [-0.15, -0.1) is 0 Å². The van der Waals surface area contributed by atoms with Gasteiger partial charge in [-0.2, -0.15) is 35.3 Å². The molecule has 0 spiro atoms. The minimum Gasteiger partial charge on any atom is -0.459 e. The van der Waals surface area contributed by atoms with E-state index < -0.39 is 90.6 Å². The van der Waals surface area contributed by atoms with Gasteiger partial charge in [0.1, 0.15) is 43.4 Å². The Morgan fingerprint density at radius 2 is 0.915 bits per heavy atom. The van der Waals surface area contributed by atoms with E-state index in [2.05, 4.69) is 31.9 Å². The number of aliphatic hydroxyl groups is 2. The van der Waals surface area contributed by atoms with Crippen LogP contribution in [-0.4, -0.2) is 125 Å². The maximum Gasteiger partial charge on any atom is 0.407 e. The quantitative estimate of drug-likeness (QED) is 0.0177. The maximum atomic E-state index is 14.4. The van der Waals surface area contributed by atoms with Crippen LogP contribution in [0.15, 0.2) is 133 Å². The summed E-state index contributed by atoms with van der Waals surface area (Å²) in [6.07, 6.45) is -1.39. The summed E-state index contributed by atoms with van der Waals surface area (Å²) < 4.78 is 10.9. The van der Waals surface area contributed by atoms with Gasteiger partial charge in [0.25, 0.3) is 0 Å². The van der Waals surface area contributed by atoms with Gasteiger partial charge in [-0.1, -0.05) is 150 Å². The first kappa shape index (κ1) is 65.9. The highest BCUT2D eigenvalue weighted by Gasteiger charge is 2.35. The van der Waals surface area contributed by atoms with Crippen LogP contribution in [0.25, 0.3) is 0 Å². The smallest absolute Gasteiger partial charge is 0.407 e. The highest BCUT2D eigenvalue weighted by Crippen LogP contribution is 2.18. The summed E-state index contributed by atoms with van der Waals surface area (Å²) in [6.45, 7) is 6.45. The normalized spacial score (nSPS) is 13.6. The molecule has 0 aliphatic carbocycles. The van der Waals surface area contributed by atoms with Crippen LogP contribution in [0.4, 0.5) is 4.79 Å². The van der Waals surface area contributed by atoms with Crippen LogP contribution in [0, 0.1) is 20.8 Å². The van der Waals surface area contributed by atoms with Crippen LogP contribution < -0.4 is 37.6 Å². The molecular weight excluding hydrogens is 1100 g/mol. The summed E-state index contributed by atoms with van der Waals surface area (Å²) >= 11 is 4.13. The molecule has 0 bridgehead atoms. The number of ether oxygens (including phenoxy) is 2. The molecule has 0 saturated carbocycles. The molecule has 0 fully saturated rings. The first-order chi connectivity index (χ1) is 39.5. The standard InChI is InChI=1S/C61H77N7O11S3/c1-40-18-24-46(25-19-40)34-80-37-49(62)55(71)64-50(17-11-12-30-63-61(77)79-33-45-15-9-6-10-16-45)56(72)66-52(38-81-35-47-26-20-41(2)21-27-47)58(74)68-54(43(4)70)59(75)65-51(31-69)57(73)67-53(39-82-36-48-28-22-42(3)23-29-48)60(76)78-32-44-13-7-5-8-14-44/h5-10,13-16,18-29,43,49-54,69-70H,11-12,17,30-39,62H2,1-4H3,(H,63,77)(H,64,71)(H,65,75)(H,66,72)(H,67,73)(H,68,74)/t43-,49+,50+,51+,52+,53+,54+/m1/s1. The lowest BCUT2D eigenvalue weighted by Crippen LogP contribution is -2.62. The van der Waals surface area contributed by atoms with Crippen LogP contribution >= 0.6 is 35.3 Å². The van der Waals surface area contributed by atoms with Crippen LogP contribution in [0.3, 0.4) is 0 Å². The zero-order valence-corrected chi connectivity index (χ0v) is 49.3. The predicted octanol–water partition coefficient (Wildman–Crippen LogP) is 5.68. The van der Waals surface area contributed by atoms with Crippen molar-refractivity contribution in [3.8, 4) is 0 Å². The summed E-state index contributed by atoms with van der Waals surface area (Å²) in [5.74, 6) is -3.13. The van der Waals surface area contributed by atoms with Gasteiger partial charge in [-0.3, -0.25) is 24.0 Å². The van der Waals surface area contributed by atoms with E-state index in [1.807, 2.05) is 130 Å². The molecule has 440 valence electrons. The summed E-state index contributed by atoms with van der Waals surface area (Å²) in [7, 11) is 0. The zero-order valence-electron chi connectivity index (χ0n) is 46.8. The minimum atomic E-state index is -1.72. The molecule has 7 atom stereocenters. The van der Waals surface area contributed by atoms with Gasteiger partial charge in [0, 0.05) is 41.1 Å². The number of alkyl carbamates (subject to hydrolysis) is 1. The van der Waals surface area contributed by atoms with Crippen molar-refractivity contribution in [1.29, 1.82) is 0 Å². The van der Waals surface area contributed by atoms with Gasteiger partial charge in [0.2, 0.25) is 29.5 Å². The molecule has 0 aliphatic rings. The van der Waals surface area contributed by atoms with E-state index in [4.69, 9.17) is 15.2 Å². The van der Waals surface area contributed by atoms with Gasteiger partial charge >= 0.3 is 12.1 Å². The molecule has 0 heterocycles. The number of thioether (sulfide) groups is 3. The Hall–Kier alpha value is -6.88. The fraction of sp³-hybridized carbons (Fsp3) is 0.393. The number of hydrogen-bond acceptors (Lipinski definition) is 15. The van der Waals surface area contributed by atoms with Crippen molar-refractivity contribution in [3.63, 3.8) is 0 Å². The number of rotatable bonds is 34. The summed E-state index contributed by atoms with van der Waals surface area (Å²) in [4.78, 5) is 96.4. The number of aliphatic hydroxyl groups excluding tert-OH is 2. The Kier molecular flexibility index (Phi) is 28.8. The van der Waals surface area contributed by atoms with E-state index in [-0.39, 0.29) is 43.4 Å². The van der Waals surface area contributed by atoms with Crippen LogP contribution in [-0.2, 0) is 68.7 Å². The number of carbonyl (C=O) groups excluding carboxylic acids is 7. The second-order valence-corrected chi connectivity index (χ2v) is 22.9. The molecule has 21 heteroatoms. The van der Waals surface area contributed by atoms with Crippen molar-refractivity contribution in [2.75, 3.05) is 30.4 Å². The lowest BCUT2D eigenvalue weighted by atomic mass is 10.1. The molecule has 82 heavy (non-hydrogen) atoms. The highest BCUT2D eigenvalue weighted by atomic mass is 32.2. The molecule has 0 aliphatic heterocycles. The number of unbranched alkanes of at least 4 members (excludes halogenated alkanes) is 1. The topological polar surface area (TPSA) is 277 Å². The van der Waals surface area contributed by atoms with E-state index in [1.165, 1.54) is 42.2 Å². The molecule has 0 aromatic heterocycles. The maximum absolute atomic E-state index is 14.4. The van der Waals surface area contributed by atoms with Gasteiger partial charge in [-0.25, -0.2) is 9.59 Å². The Morgan fingerprint density at radius 3 is 1.41 bits per heavy atom. The largest absolute Gasteiger partial charge is 0.459 e. The monoisotopic (exact) mass is 1180 g/mol. The van der Waals surface area contributed by atoms with Gasteiger partial charge in [0.05, 0.1) is 18.8 Å². The van der Waals surface area contributed by atoms with Crippen LogP contribution in [0.2, 0.25) is 0 Å². The average Bonchev–Trinajstić information content (AvgIpc) is 3.56. The van der Waals surface area contributed by atoms with Crippen LogP contribution in [0.5, 0.6) is 0 Å². The Labute approximate surface area is 493 Å². The number of amides is 6. The zero-order chi connectivity index (χ0) is 59.2. The van der Waals surface area contributed by atoms with Crippen molar-refractivity contribution >= 4 is 76.9 Å². The predicted molar refractivity (Wildman–Crippen MR) is 323 cm³/mol. The second-order valence-electron chi connectivity index (χ2n) is 19.8. The van der Waals surface area contributed by atoms with Crippen molar-refractivity contribution in [2.45, 2.75) is 120 Å². The number of nitrogens with two attached hydrogens (primary N) is 1. The van der Waals surface area contributed by atoms with E-state index >= 15 is 0 Å². The molecular formula is C61H77N7O11S3. The molecule has 0 saturated heterocycles. The molecule has 0 unspecified atom stereocenters. The van der Waals surface area contributed by atoms with Gasteiger partial charge < -0.3 is 57.3 Å². The number of nitrogens with one attached hydrogen (secondary N) is 6. The van der Waals surface area contributed by atoms with Crippen molar-refractivity contribution < 1.29 is 53.2 Å².